The Morgan fingerprint density at radius 2 is 1.77 bits per heavy atom. The second kappa shape index (κ2) is 7.92. The Hall–Kier alpha value is -3.58. The third kappa shape index (κ3) is 3.27. The number of hydrogen-bond donors (Lipinski definition) is 0. The van der Waals surface area contributed by atoms with E-state index in [1.54, 1.807) is 18.7 Å². The summed E-state index contributed by atoms with van der Waals surface area (Å²) in [7, 11) is 3.29. The molecule has 7 heteroatoms. The maximum absolute atomic E-state index is 13.0. The molecule has 156 valence electrons. The Kier molecular flexibility index (Phi) is 4.95. The fourth-order valence-corrected chi connectivity index (χ4v) is 4.38. The third-order valence-electron chi connectivity index (χ3n) is 5.77. The van der Waals surface area contributed by atoms with Gasteiger partial charge in [0.15, 0.2) is 17.1 Å². The number of para-hydroxylation sites is 1. The molecule has 0 amide bonds. The number of methoxy groups -OCH3 is 2. The van der Waals surface area contributed by atoms with Crippen molar-refractivity contribution in [3.63, 3.8) is 0 Å². The van der Waals surface area contributed by atoms with Gasteiger partial charge in [-0.15, -0.1) is 10.2 Å². The summed E-state index contributed by atoms with van der Waals surface area (Å²) in [5.41, 5.74) is 5.45. The minimum Gasteiger partial charge on any atom is -0.496 e. The molecule has 0 saturated heterocycles. The van der Waals surface area contributed by atoms with Gasteiger partial charge in [-0.05, 0) is 23.6 Å². The predicted molar refractivity (Wildman–Crippen MR) is 115 cm³/mol. The van der Waals surface area contributed by atoms with Crippen LogP contribution in [-0.2, 0) is 17.8 Å². The number of aromatic nitrogens is 4. The maximum Gasteiger partial charge on any atom is 0.185 e. The van der Waals surface area contributed by atoms with E-state index >= 15 is 0 Å². The molecule has 0 spiro atoms. The summed E-state index contributed by atoms with van der Waals surface area (Å²) in [5.74, 6) is 0.739. The molecule has 0 fully saturated rings. The van der Waals surface area contributed by atoms with Gasteiger partial charge in [-0.1, -0.05) is 48.5 Å². The molecule has 2 aromatic heterocycles. The van der Waals surface area contributed by atoms with Crippen molar-refractivity contribution in [1.29, 1.82) is 0 Å². The van der Waals surface area contributed by atoms with E-state index < -0.39 is 0 Å². The molecule has 0 unspecified atom stereocenters. The molecular weight excluding hydrogens is 392 g/mol. The predicted octanol–water partition coefficient (Wildman–Crippen LogP) is 3.86. The molecule has 31 heavy (non-hydrogen) atoms. The quantitative estimate of drug-likeness (QED) is 0.493. The molecule has 5 rings (SSSR count). The molecule has 0 aliphatic heterocycles. The standard InChI is InChI=1S/C24H22N4O3/c1-30-14-18-22(15-8-4-3-5-9-15)24-26-25-23-19(28(24)27-18)12-16(13-20(23)29)17-10-6-7-11-21(17)31-2/h3-11,16H,12-14H2,1-2H3/t16-/m0/s1. The van der Waals surface area contributed by atoms with Gasteiger partial charge < -0.3 is 9.47 Å². The highest BCUT2D eigenvalue weighted by atomic mass is 16.5. The molecule has 0 N–H and O–H groups in total. The van der Waals surface area contributed by atoms with Crippen LogP contribution in [0.5, 0.6) is 5.75 Å². The number of rotatable bonds is 5. The first kappa shape index (κ1) is 19.4. The van der Waals surface area contributed by atoms with Crippen LogP contribution in [0, 0.1) is 0 Å². The lowest BCUT2D eigenvalue weighted by Crippen LogP contribution is -2.24. The molecule has 0 radical (unpaired) electrons. The van der Waals surface area contributed by atoms with Crippen molar-refractivity contribution >= 4 is 11.4 Å². The number of nitrogens with zero attached hydrogens (tertiary/aromatic N) is 4. The summed E-state index contributed by atoms with van der Waals surface area (Å²) in [6.07, 6.45) is 0.987. The Morgan fingerprint density at radius 1 is 1.00 bits per heavy atom. The number of fused-ring (bicyclic) bond motifs is 3. The second-order valence-electron chi connectivity index (χ2n) is 7.62. The van der Waals surface area contributed by atoms with Crippen molar-refractivity contribution in [1.82, 2.24) is 19.8 Å². The van der Waals surface area contributed by atoms with E-state index in [4.69, 9.17) is 14.6 Å². The van der Waals surface area contributed by atoms with Gasteiger partial charge in [0.1, 0.15) is 5.75 Å². The van der Waals surface area contributed by atoms with Crippen molar-refractivity contribution < 1.29 is 14.3 Å². The lowest BCUT2D eigenvalue weighted by atomic mass is 9.83. The van der Waals surface area contributed by atoms with Crippen LogP contribution in [0.1, 0.15) is 39.8 Å². The van der Waals surface area contributed by atoms with E-state index in [1.165, 1.54) is 0 Å². The highest BCUT2D eigenvalue weighted by Gasteiger charge is 2.33. The smallest absolute Gasteiger partial charge is 0.185 e. The van der Waals surface area contributed by atoms with Crippen LogP contribution < -0.4 is 4.74 Å². The monoisotopic (exact) mass is 414 g/mol. The van der Waals surface area contributed by atoms with E-state index in [2.05, 4.69) is 10.2 Å². The lowest BCUT2D eigenvalue weighted by molar-refractivity contribution is 0.0955. The Labute approximate surface area is 179 Å². The Balaban J connectivity index is 1.68. The normalized spacial score (nSPS) is 15.8. The summed E-state index contributed by atoms with van der Waals surface area (Å²) < 4.78 is 12.7. The zero-order valence-electron chi connectivity index (χ0n) is 17.4. The molecule has 2 aromatic carbocycles. The van der Waals surface area contributed by atoms with Crippen molar-refractivity contribution in [2.45, 2.75) is 25.4 Å². The van der Waals surface area contributed by atoms with Gasteiger partial charge in [-0.25, -0.2) is 4.52 Å². The first-order chi connectivity index (χ1) is 15.2. The zero-order valence-corrected chi connectivity index (χ0v) is 17.4. The molecule has 2 heterocycles. The SMILES string of the molecule is COCc1nn2c3c(nnc2c1-c1ccccc1)C(=O)C[C@@H](c1ccccc1OC)C3. The first-order valence-corrected chi connectivity index (χ1v) is 10.2. The highest BCUT2D eigenvalue weighted by molar-refractivity contribution is 5.97. The number of ketones is 1. The highest BCUT2D eigenvalue weighted by Crippen LogP contribution is 2.37. The van der Waals surface area contributed by atoms with E-state index in [0.717, 1.165) is 33.8 Å². The fraction of sp³-hybridized carbons (Fsp3) is 0.250. The third-order valence-corrected chi connectivity index (χ3v) is 5.77. The topological polar surface area (TPSA) is 78.6 Å². The maximum atomic E-state index is 13.0. The summed E-state index contributed by atoms with van der Waals surface area (Å²) >= 11 is 0. The largest absolute Gasteiger partial charge is 0.496 e. The minimum atomic E-state index is -0.0309. The Morgan fingerprint density at radius 3 is 2.55 bits per heavy atom. The number of Topliss-reactive ketones (excluding diaryl/α,β-unsaturated/α-hetero) is 1. The molecule has 0 bridgehead atoms. The molecule has 1 aliphatic carbocycles. The van der Waals surface area contributed by atoms with Crippen LogP contribution in [0.3, 0.4) is 0 Å². The Bertz CT molecular complexity index is 1270. The minimum absolute atomic E-state index is 0.0150. The van der Waals surface area contributed by atoms with Gasteiger partial charge in [0, 0.05) is 19.4 Å². The molecule has 1 aliphatic rings. The molecular formula is C24H22N4O3. The lowest BCUT2D eigenvalue weighted by Gasteiger charge is -2.24. The van der Waals surface area contributed by atoms with Crippen LogP contribution in [0.4, 0.5) is 0 Å². The summed E-state index contributed by atoms with van der Waals surface area (Å²) in [6.45, 7) is 0.340. The average molecular weight is 414 g/mol. The number of benzene rings is 2. The van der Waals surface area contributed by atoms with Crippen molar-refractivity contribution in [3.8, 4) is 16.9 Å². The number of carbonyl (C=O) groups is 1. The average Bonchev–Trinajstić information content (AvgIpc) is 3.18. The molecule has 4 aromatic rings. The van der Waals surface area contributed by atoms with Crippen LogP contribution >= 0.6 is 0 Å². The van der Waals surface area contributed by atoms with E-state index in [0.29, 0.717) is 30.8 Å². The van der Waals surface area contributed by atoms with E-state index in [-0.39, 0.29) is 11.7 Å². The first-order valence-electron chi connectivity index (χ1n) is 10.2. The summed E-state index contributed by atoms with van der Waals surface area (Å²) in [4.78, 5) is 13.0. The molecule has 1 atom stereocenters. The fourth-order valence-electron chi connectivity index (χ4n) is 4.38. The van der Waals surface area contributed by atoms with E-state index in [1.807, 2.05) is 54.6 Å². The number of hydrogen-bond acceptors (Lipinski definition) is 6. The van der Waals surface area contributed by atoms with Crippen LogP contribution in [0.25, 0.3) is 16.8 Å². The zero-order chi connectivity index (χ0) is 21.4. The van der Waals surface area contributed by atoms with Gasteiger partial charge in [0.2, 0.25) is 0 Å². The van der Waals surface area contributed by atoms with E-state index in [9.17, 15) is 4.79 Å². The van der Waals surface area contributed by atoms with Gasteiger partial charge >= 0.3 is 0 Å². The number of carbonyl (C=O) groups excluding carboxylic acids is 1. The number of ether oxygens (including phenoxy) is 2. The van der Waals surface area contributed by atoms with Crippen molar-refractivity contribution in [3.05, 3.63) is 77.2 Å². The van der Waals surface area contributed by atoms with Crippen LogP contribution in [0.2, 0.25) is 0 Å². The molecule has 0 saturated carbocycles. The molecule has 7 nitrogen and oxygen atoms in total. The summed E-state index contributed by atoms with van der Waals surface area (Å²) in [5, 5.41) is 13.5. The second-order valence-corrected chi connectivity index (χ2v) is 7.62. The van der Waals surface area contributed by atoms with Gasteiger partial charge in [-0.3, -0.25) is 4.79 Å². The van der Waals surface area contributed by atoms with Crippen LogP contribution in [-0.4, -0.2) is 39.8 Å². The van der Waals surface area contributed by atoms with Gasteiger partial charge in [-0.2, -0.15) is 5.10 Å². The summed E-state index contributed by atoms with van der Waals surface area (Å²) in [6, 6.07) is 17.8. The van der Waals surface area contributed by atoms with Crippen molar-refractivity contribution in [2.75, 3.05) is 14.2 Å². The van der Waals surface area contributed by atoms with Crippen LogP contribution in [0.15, 0.2) is 54.6 Å². The van der Waals surface area contributed by atoms with Crippen molar-refractivity contribution in [2.24, 2.45) is 0 Å². The van der Waals surface area contributed by atoms with Gasteiger partial charge in [0.05, 0.1) is 30.7 Å². The van der Waals surface area contributed by atoms with Gasteiger partial charge in [0.25, 0.3) is 0 Å².